The van der Waals surface area contributed by atoms with Gasteiger partial charge in [0.15, 0.2) is 0 Å². The highest BCUT2D eigenvalue weighted by Gasteiger charge is 2.31. The first-order valence-electron chi connectivity index (χ1n) is 10.1. The number of hydrogen-bond donors (Lipinski definition) is 4. The number of H-pyrrole nitrogens is 1. The molecular weight excluding hydrogens is 423 g/mol. The van der Waals surface area contributed by atoms with E-state index in [0.717, 1.165) is 30.5 Å². The summed E-state index contributed by atoms with van der Waals surface area (Å²) in [4.78, 5) is 24.4. The van der Waals surface area contributed by atoms with Gasteiger partial charge in [0.05, 0.1) is 23.9 Å². The third-order valence-corrected chi connectivity index (χ3v) is 5.19. The van der Waals surface area contributed by atoms with Crippen LogP contribution in [0.2, 0.25) is 0 Å². The van der Waals surface area contributed by atoms with Crippen LogP contribution in [-0.4, -0.2) is 38.6 Å². The van der Waals surface area contributed by atoms with E-state index in [1.807, 2.05) is 6.92 Å². The second-order valence-corrected chi connectivity index (χ2v) is 7.78. The molecule has 1 aromatic carbocycles. The molecule has 0 radical (unpaired) electrons. The SMILES string of the molecule is Cc1cnc(NC2CC2)nc1-c1c[nH]c(C(=O)NC(CO)c2cccc(C(F)(F)F)c2)c1. The van der Waals surface area contributed by atoms with Crippen LogP contribution in [0.25, 0.3) is 11.3 Å². The van der Waals surface area contributed by atoms with Gasteiger partial charge in [0, 0.05) is 24.0 Å². The third kappa shape index (κ3) is 4.91. The fraction of sp³-hybridized carbons (Fsp3) is 0.318. The van der Waals surface area contributed by atoms with Crippen LogP contribution in [0.4, 0.5) is 19.1 Å². The van der Waals surface area contributed by atoms with Gasteiger partial charge >= 0.3 is 6.18 Å². The molecule has 0 spiro atoms. The number of nitrogens with one attached hydrogen (secondary N) is 3. The fourth-order valence-electron chi connectivity index (χ4n) is 3.28. The van der Waals surface area contributed by atoms with E-state index >= 15 is 0 Å². The summed E-state index contributed by atoms with van der Waals surface area (Å²) in [5, 5.41) is 15.5. The zero-order chi connectivity index (χ0) is 22.9. The Kier molecular flexibility index (Phi) is 5.88. The number of carbonyl (C=O) groups excluding carboxylic acids is 1. The minimum atomic E-state index is -4.52. The summed E-state index contributed by atoms with van der Waals surface area (Å²) >= 11 is 0. The number of hydrogen-bond acceptors (Lipinski definition) is 5. The second kappa shape index (κ2) is 8.62. The molecule has 0 saturated heterocycles. The number of aliphatic hydroxyl groups excluding tert-OH is 1. The molecular formula is C22H22F3N5O2. The molecule has 1 unspecified atom stereocenters. The maximum absolute atomic E-state index is 13.0. The normalized spacial score (nSPS) is 14.8. The van der Waals surface area contributed by atoms with Crippen molar-refractivity contribution in [1.29, 1.82) is 0 Å². The van der Waals surface area contributed by atoms with Crippen molar-refractivity contribution in [2.75, 3.05) is 11.9 Å². The van der Waals surface area contributed by atoms with Crippen molar-refractivity contribution < 1.29 is 23.1 Å². The number of aliphatic hydroxyl groups is 1. The highest BCUT2D eigenvalue weighted by molar-refractivity contribution is 5.94. The minimum absolute atomic E-state index is 0.157. The van der Waals surface area contributed by atoms with Crippen molar-refractivity contribution in [2.24, 2.45) is 0 Å². The van der Waals surface area contributed by atoms with Gasteiger partial charge in [-0.3, -0.25) is 4.79 Å². The monoisotopic (exact) mass is 445 g/mol. The Morgan fingerprint density at radius 1 is 1.31 bits per heavy atom. The van der Waals surface area contributed by atoms with Crippen LogP contribution in [0.1, 0.15) is 46.1 Å². The van der Waals surface area contributed by atoms with Gasteiger partial charge in [-0.05, 0) is 49.1 Å². The molecule has 2 aromatic heterocycles. The molecule has 1 fully saturated rings. The fourth-order valence-corrected chi connectivity index (χ4v) is 3.28. The van der Waals surface area contributed by atoms with E-state index in [9.17, 15) is 23.1 Å². The lowest BCUT2D eigenvalue weighted by Crippen LogP contribution is -2.31. The van der Waals surface area contributed by atoms with Gasteiger partial charge in [-0.2, -0.15) is 13.2 Å². The Hall–Kier alpha value is -3.40. The molecule has 1 amide bonds. The molecule has 1 atom stereocenters. The molecule has 1 aliphatic carbocycles. The largest absolute Gasteiger partial charge is 0.416 e. The summed E-state index contributed by atoms with van der Waals surface area (Å²) in [7, 11) is 0. The molecule has 4 rings (SSSR count). The predicted molar refractivity (Wildman–Crippen MR) is 112 cm³/mol. The molecule has 168 valence electrons. The number of aromatic amines is 1. The lowest BCUT2D eigenvalue weighted by atomic mass is 10.0. The van der Waals surface area contributed by atoms with Crippen molar-refractivity contribution in [3.05, 3.63) is 65.1 Å². The molecule has 0 aliphatic heterocycles. The van der Waals surface area contributed by atoms with Gasteiger partial charge in [-0.1, -0.05) is 12.1 Å². The van der Waals surface area contributed by atoms with E-state index < -0.39 is 30.3 Å². The summed E-state index contributed by atoms with van der Waals surface area (Å²) < 4.78 is 39.0. The summed E-state index contributed by atoms with van der Waals surface area (Å²) in [6.45, 7) is 1.31. The number of aryl methyl sites for hydroxylation is 1. The predicted octanol–water partition coefficient (Wildman–Crippen LogP) is 3.84. The van der Waals surface area contributed by atoms with Crippen molar-refractivity contribution in [1.82, 2.24) is 20.3 Å². The molecule has 7 nitrogen and oxygen atoms in total. The Balaban J connectivity index is 1.51. The highest BCUT2D eigenvalue weighted by Crippen LogP contribution is 2.31. The standard InChI is InChI=1S/C22H22F3N5O2/c1-12-9-27-21(28-16-5-6-16)30-19(12)14-8-17(26-10-14)20(32)29-18(11-31)13-3-2-4-15(7-13)22(23,24)25/h2-4,7-10,16,18,26,31H,5-6,11H2,1H3,(H,29,32)(H,27,28,30). The number of aromatic nitrogens is 3. The molecule has 0 bridgehead atoms. The van der Waals surface area contributed by atoms with Crippen molar-refractivity contribution >= 4 is 11.9 Å². The average molecular weight is 445 g/mol. The lowest BCUT2D eigenvalue weighted by molar-refractivity contribution is -0.137. The average Bonchev–Trinajstić information content (AvgIpc) is 3.44. The van der Waals surface area contributed by atoms with E-state index in [1.165, 1.54) is 12.1 Å². The molecule has 2 heterocycles. The summed E-state index contributed by atoms with van der Waals surface area (Å²) in [5.74, 6) is -0.0408. The van der Waals surface area contributed by atoms with Gasteiger partial charge < -0.3 is 20.7 Å². The lowest BCUT2D eigenvalue weighted by Gasteiger charge is -2.18. The first kappa shape index (κ1) is 21.8. The summed E-state index contributed by atoms with van der Waals surface area (Å²) in [6, 6.07) is 5.52. The van der Waals surface area contributed by atoms with Crippen molar-refractivity contribution in [3.8, 4) is 11.3 Å². The van der Waals surface area contributed by atoms with Crippen LogP contribution >= 0.6 is 0 Å². The minimum Gasteiger partial charge on any atom is -0.394 e. The number of nitrogens with zero attached hydrogens (tertiary/aromatic N) is 2. The zero-order valence-corrected chi connectivity index (χ0v) is 17.2. The first-order valence-corrected chi connectivity index (χ1v) is 10.1. The number of rotatable bonds is 7. The maximum Gasteiger partial charge on any atom is 0.416 e. The van der Waals surface area contributed by atoms with Gasteiger partial charge in [0.1, 0.15) is 5.69 Å². The van der Waals surface area contributed by atoms with E-state index in [-0.39, 0.29) is 11.3 Å². The number of carbonyl (C=O) groups is 1. The summed E-state index contributed by atoms with van der Waals surface area (Å²) in [6.07, 6.45) is 0.980. The first-order chi connectivity index (χ1) is 15.2. The van der Waals surface area contributed by atoms with Crippen LogP contribution in [-0.2, 0) is 6.18 Å². The van der Waals surface area contributed by atoms with Crippen molar-refractivity contribution in [3.63, 3.8) is 0 Å². The van der Waals surface area contributed by atoms with Crippen LogP contribution in [0, 0.1) is 6.92 Å². The maximum atomic E-state index is 13.0. The third-order valence-electron chi connectivity index (χ3n) is 5.19. The van der Waals surface area contributed by atoms with E-state index in [1.54, 1.807) is 18.5 Å². The molecule has 4 N–H and O–H groups in total. The van der Waals surface area contributed by atoms with Crippen LogP contribution in [0.5, 0.6) is 0 Å². The van der Waals surface area contributed by atoms with Crippen LogP contribution in [0.3, 0.4) is 0 Å². The molecule has 32 heavy (non-hydrogen) atoms. The number of halogens is 3. The van der Waals surface area contributed by atoms with E-state index in [2.05, 4.69) is 25.6 Å². The number of alkyl halides is 3. The smallest absolute Gasteiger partial charge is 0.394 e. The van der Waals surface area contributed by atoms with Gasteiger partial charge in [0.2, 0.25) is 5.95 Å². The van der Waals surface area contributed by atoms with E-state index in [4.69, 9.17) is 0 Å². The van der Waals surface area contributed by atoms with Gasteiger partial charge in [-0.15, -0.1) is 0 Å². The molecule has 3 aromatic rings. The number of anilines is 1. The Bertz CT molecular complexity index is 1120. The number of benzene rings is 1. The van der Waals surface area contributed by atoms with Crippen molar-refractivity contribution in [2.45, 2.75) is 38.0 Å². The molecule has 1 saturated carbocycles. The zero-order valence-electron chi connectivity index (χ0n) is 17.2. The topological polar surface area (TPSA) is 103 Å². The molecule has 1 aliphatic rings. The van der Waals surface area contributed by atoms with Gasteiger partial charge in [-0.25, -0.2) is 9.97 Å². The Labute approximate surface area is 182 Å². The number of amides is 1. The quantitative estimate of drug-likeness (QED) is 0.443. The Morgan fingerprint density at radius 2 is 2.09 bits per heavy atom. The second-order valence-electron chi connectivity index (χ2n) is 7.78. The Morgan fingerprint density at radius 3 is 2.78 bits per heavy atom. The molecule has 10 heteroatoms. The van der Waals surface area contributed by atoms with E-state index in [0.29, 0.717) is 23.2 Å². The van der Waals surface area contributed by atoms with Crippen LogP contribution in [0.15, 0.2) is 42.7 Å². The summed E-state index contributed by atoms with van der Waals surface area (Å²) in [5.41, 5.74) is 1.67. The highest BCUT2D eigenvalue weighted by atomic mass is 19.4. The van der Waals surface area contributed by atoms with Crippen LogP contribution < -0.4 is 10.6 Å². The van der Waals surface area contributed by atoms with Gasteiger partial charge in [0.25, 0.3) is 5.91 Å².